The van der Waals surface area contributed by atoms with Gasteiger partial charge in [-0.15, -0.1) is 10.2 Å². The highest BCUT2D eigenvalue weighted by molar-refractivity contribution is 8.02. The van der Waals surface area contributed by atoms with E-state index < -0.39 is 28.7 Å². The van der Waals surface area contributed by atoms with Gasteiger partial charge in [0, 0.05) is 4.57 Å². The molecular weight excluding hydrogens is 597 g/mol. The summed E-state index contributed by atoms with van der Waals surface area (Å²) >= 11 is 5.44. The fourth-order valence-corrected chi connectivity index (χ4v) is 4.94. The van der Waals surface area contributed by atoms with Crippen LogP contribution < -0.4 is 13.8 Å². The Kier molecular flexibility index (Phi) is 11.2. The number of rotatable bonds is 13. The molecule has 16 heteroatoms. The Bertz CT molecular complexity index is 1420. The van der Waals surface area contributed by atoms with Gasteiger partial charge in [0.1, 0.15) is 5.75 Å². The van der Waals surface area contributed by atoms with Crippen LogP contribution in [0.3, 0.4) is 0 Å². The predicted octanol–water partition coefficient (Wildman–Crippen LogP) is 4.98. The van der Waals surface area contributed by atoms with E-state index in [9.17, 15) is 14.2 Å². The number of hydrazone groups is 2. The lowest BCUT2D eigenvalue weighted by atomic mass is 10.2. The molecule has 3 aromatic carbocycles. The largest absolute Gasteiger partial charge is 0.714 e. The second-order valence-corrected chi connectivity index (χ2v) is 13.1. The number of nitrogens with zero attached hydrogens (tertiary/aromatic N) is 4. The van der Waals surface area contributed by atoms with Crippen LogP contribution in [0.1, 0.15) is 22.5 Å². The molecule has 0 spiro atoms. The number of aliphatic hydroxyl groups is 1. The molecule has 0 aliphatic carbocycles. The zero-order valence-electron chi connectivity index (χ0n) is 21.6. The zero-order valence-corrected chi connectivity index (χ0v) is 25.1. The fraction of sp³-hybridized carbons (Fsp3) is 0.167. The third-order valence-corrected chi connectivity index (χ3v) is 8.83. The molecule has 0 bridgehead atoms. The maximum absolute atomic E-state index is 12.4. The van der Waals surface area contributed by atoms with Crippen molar-refractivity contribution in [2.75, 3.05) is 21.2 Å². The monoisotopic (exact) mass is 624 g/mol. The topological polar surface area (TPSA) is 154 Å². The third-order valence-electron chi connectivity index (χ3n) is 5.08. The first-order chi connectivity index (χ1) is 19.0. The number of benzene rings is 3. The van der Waals surface area contributed by atoms with E-state index in [2.05, 4.69) is 10.2 Å². The van der Waals surface area contributed by atoms with Gasteiger partial charge in [0.05, 0.1) is 33.6 Å². The summed E-state index contributed by atoms with van der Waals surface area (Å²) < 4.78 is 42.6. The molecule has 40 heavy (non-hydrogen) atoms. The molecular formula is C24H27N4O8P3S+2. The van der Waals surface area contributed by atoms with E-state index in [1.807, 2.05) is 24.3 Å². The molecule has 3 N–H and O–H groups in total. The smallest absolute Gasteiger partial charge is 0.497 e. The summed E-state index contributed by atoms with van der Waals surface area (Å²) in [5, 5.41) is 18.1. The Hall–Kier alpha value is -3.27. The summed E-state index contributed by atoms with van der Waals surface area (Å²) in [6, 6.07) is 19.6. The second kappa shape index (κ2) is 14.4. The molecule has 0 aliphatic heterocycles. The summed E-state index contributed by atoms with van der Waals surface area (Å²) in [7, 11) is -3.75. The van der Waals surface area contributed by atoms with Crippen molar-refractivity contribution in [3.63, 3.8) is 0 Å². The molecule has 3 rings (SSSR count). The molecule has 0 heterocycles. The van der Waals surface area contributed by atoms with Gasteiger partial charge < -0.3 is 19.6 Å². The highest BCUT2D eigenvalue weighted by Crippen LogP contribution is 2.50. The number of aliphatic hydroxyl groups excluding tert-OH is 1. The molecule has 0 amide bonds. The van der Waals surface area contributed by atoms with Gasteiger partial charge in [0.2, 0.25) is 11.8 Å². The van der Waals surface area contributed by atoms with Crippen molar-refractivity contribution in [1.29, 1.82) is 0 Å². The minimum atomic E-state index is -4.70. The van der Waals surface area contributed by atoms with Crippen LogP contribution in [0.25, 0.3) is 0 Å². The highest BCUT2D eigenvalue weighted by atomic mass is 32.4. The van der Waals surface area contributed by atoms with Gasteiger partial charge in [-0.2, -0.15) is 0 Å². The third kappa shape index (κ3) is 9.43. The standard InChI is InChI=1S/C24H25N4O8P3S/c1-27(37(30)35-22-14-8-20(9-15-22)24(29)39(31,32)33)25-16-19-6-12-23(13-7-19)36-38(40)28(2)26-17-18-4-10-21(34-3)11-5-18/h4-17,24,29H,1-3H3/p+2/b25-16-,26-17-. The van der Waals surface area contributed by atoms with Crippen LogP contribution in [-0.2, 0) is 20.9 Å². The molecule has 0 saturated heterocycles. The average molecular weight is 624 g/mol. The normalized spacial score (nSPS) is 13.2. The minimum Gasteiger partial charge on any atom is -0.497 e. The summed E-state index contributed by atoms with van der Waals surface area (Å²) in [6.07, 6.45) is 3.17. The molecule has 0 aromatic heterocycles. The second-order valence-electron chi connectivity index (χ2n) is 8.00. The maximum atomic E-state index is 12.4. The van der Waals surface area contributed by atoms with Gasteiger partial charge in [-0.1, -0.05) is 16.9 Å². The van der Waals surface area contributed by atoms with Crippen LogP contribution in [0.15, 0.2) is 83.0 Å². The van der Waals surface area contributed by atoms with Gasteiger partial charge in [-0.3, -0.25) is 9.09 Å². The lowest BCUT2D eigenvalue weighted by molar-refractivity contribution is 0.205. The van der Waals surface area contributed by atoms with E-state index in [0.29, 0.717) is 11.3 Å². The Balaban J connectivity index is 1.50. The van der Waals surface area contributed by atoms with E-state index in [1.54, 1.807) is 49.4 Å². The first kappa shape index (κ1) is 31.3. The molecule has 12 nitrogen and oxygen atoms in total. The lowest BCUT2D eigenvalue weighted by Gasteiger charge is -2.12. The Labute approximate surface area is 238 Å². The zero-order chi connectivity index (χ0) is 29.3. The number of hydrogen-bond donors (Lipinski definition) is 3. The summed E-state index contributed by atoms with van der Waals surface area (Å²) in [6.45, 7) is 0. The van der Waals surface area contributed by atoms with Crippen molar-refractivity contribution in [1.82, 2.24) is 9.56 Å². The number of methoxy groups -OCH3 is 1. The molecule has 0 aliphatic rings. The summed E-state index contributed by atoms with van der Waals surface area (Å²) in [4.78, 5) is 18.1. The molecule has 0 radical (unpaired) electrons. The Morgan fingerprint density at radius 1 is 0.825 bits per heavy atom. The van der Waals surface area contributed by atoms with E-state index in [-0.39, 0.29) is 11.3 Å². The predicted molar refractivity (Wildman–Crippen MR) is 157 cm³/mol. The molecule has 0 saturated carbocycles. The van der Waals surface area contributed by atoms with E-state index in [0.717, 1.165) is 16.1 Å². The number of ether oxygens (including phenoxy) is 1. The Morgan fingerprint density at radius 3 is 1.77 bits per heavy atom. The summed E-state index contributed by atoms with van der Waals surface area (Å²) in [5.74, 6) is -0.462. The van der Waals surface area contributed by atoms with E-state index in [1.165, 1.54) is 37.5 Å². The van der Waals surface area contributed by atoms with Crippen LogP contribution in [0, 0.1) is 0 Å². The first-order valence-corrected chi connectivity index (χ1v) is 16.4. The van der Waals surface area contributed by atoms with Crippen LogP contribution in [0.2, 0.25) is 0 Å². The average Bonchev–Trinajstić information content (AvgIpc) is 2.95. The summed E-state index contributed by atoms with van der Waals surface area (Å²) in [5.41, 5.74) is 1.60. The molecule has 3 atom stereocenters. The van der Waals surface area contributed by atoms with Crippen molar-refractivity contribution >= 4 is 47.1 Å². The van der Waals surface area contributed by atoms with Gasteiger partial charge in [0.25, 0.3) is 0 Å². The van der Waals surface area contributed by atoms with Crippen molar-refractivity contribution < 1.29 is 37.8 Å². The van der Waals surface area contributed by atoms with Crippen LogP contribution in [0.5, 0.6) is 17.2 Å². The number of hydrogen-bond acceptors (Lipinski definition) is 9. The van der Waals surface area contributed by atoms with Crippen LogP contribution >= 0.6 is 22.8 Å². The van der Waals surface area contributed by atoms with Crippen molar-refractivity contribution in [2.24, 2.45) is 10.2 Å². The molecule has 3 unspecified atom stereocenters. The van der Waals surface area contributed by atoms with Gasteiger partial charge in [-0.25, -0.2) is 4.52 Å². The van der Waals surface area contributed by atoms with Crippen molar-refractivity contribution in [3.8, 4) is 17.2 Å². The fourth-order valence-electron chi connectivity index (χ4n) is 2.88. The quantitative estimate of drug-likeness (QED) is 0.134. The van der Waals surface area contributed by atoms with E-state index in [4.69, 9.17) is 35.4 Å². The highest BCUT2D eigenvalue weighted by Gasteiger charge is 2.29. The van der Waals surface area contributed by atoms with Gasteiger partial charge in [-0.05, 0) is 82.1 Å². The van der Waals surface area contributed by atoms with Gasteiger partial charge >= 0.3 is 22.8 Å². The lowest BCUT2D eigenvalue weighted by Crippen LogP contribution is -2.04. The Morgan fingerprint density at radius 2 is 1.27 bits per heavy atom. The van der Waals surface area contributed by atoms with Crippen LogP contribution in [0.4, 0.5) is 0 Å². The molecule has 210 valence electrons. The van der Waals surface area contributed by atoms with Crippen molar-refractivity contribution in [2.45, 2.75) is 5.85 Å². The van der Waals surface area contributed by atoms with Gasteiger partial charge in [0.15, 0.2) is 17.3 Å². The van der Waals surface area contributed by atoms with Crippen molar-refractivity contribution in [3.05, 3.63) is 89.5 Å². The minimum absolute atomic E-state index is 0.00579. The molecule has 0 fully saturated rings. The van der Waals surface area contributed by atoms with Crippen LogP contribution in [-0.4, -0.2) is 58.1 Å². The SMILES string of the molecule is COc1ccc(/C=N\N(C)[P+](=S)Oc2ccc(/C=N\N(C)[P+](=O)Oc3ccc(C(O)P(=O)(O)O)cc3)cc2)cc1. The maximum Gasteiger partial charge on any atom is 0.714 e. The van der Waals surface area contributed by atoms with E-state index >= 15 is 0 Å². The molecule has 3 aromatic rings. The first-order valence-electron chi connectivity index (χ1n) is 11.4.